The van der Waals surface area contributed by atoms with Crippen molar-refractivity contribution in [2.24, 2.45) is 7.05 Å². The fourth-order valence-electron chi connectivity index (χ4n) is 3.70. The van der Waals surface area contributed by atoms with Gasteiger partial charge in [-0.05, 0) is 25.1 Å². The van der Waals surface area contributed by atoms with Crippen molar-refractivity contribution in [1.82, 2.24) is 44.5 Å². The fourth-order valence-corrected chi connectivity index (χ4v) is 3.70. The molecule has 2 N–H and O–H groups in total. The van der Waals surface area contributed by atoms with Crippen molar-refractivity contribution >= 4 is 21.9 Å². The van der Waals surface area contributed by atoms with Gasteiger partial charge >= 0.3 is 0 Å². The third-order valence-corrected chi connectivity index (χ3v) is 5.15. The summed E-state index contributed by atoms with van der Waals surface area (Å²) >= 11 is 0. The number of para-hydroxylation sites is 1. The molecule has 0 aliphatic carbocycles. The van der Waals surface area contributed by atoms with E-state index in [4.69, 9.17) is 4.98 Å². The predicted octanol–water partition coefficient (Wildman–Crippen LogP) is 3.40. The van der Waals surface area contributed by atoms with Crippen LogP contribution in [-0.4, -0.2) is 44.5 Å². The molecule has 5 aromatic heterocycles. The lowest BCUT2D eigenvalue weighted by atomic mass is 10.1. The van der Waals surface area contributed by atoms with Crippen molar-refractivity contribution in [2.45, 2.75) is 6.92 Å². The van der Waals surface area contributed by atoms with Crippen LogP contribution in [-0.2, 0) is 7.05 Å². The molecule has 9 nitrogen and oxygen atoms in total. The molecule has 0 saturated carbocycles. The molecule has 0 unspecified atom stereocenters. The number of nitrogens with one attached hydrogen (secondary N) is 2. The first-order chi connectivity index (χ1) is 14.7. The molecule has 0 aliphatic heterocycles. The number of pyridine rings is 1. The maximum absolute atomic E-state index is 4.87. The molecule has 30 heavy (non-hydrogen) atoms. The minimum atomic E-state index is 0.698. The maximum atomic E-state index is 4.87. The second kappa shape index (κ2) is 6.11. The Morgan fingerprint density at radius 2 is 1.97 bits per heavy atom. The number of rotatable bonds is 3. The number of imidazole rings is 2. The summed E-state index contributed by atoms with van der Waals surface area (Å²) in [5.41, 5.74) is 7.11. The maximum Gasteiger partial charge on any atom is 0.159 e. The molecule has 0 atom stereocenters. The van der Waals surface area contributed by atoms with Crippen molar-refractivity contribution in [2.75, 3.05) is 0 Å². The zero-order valence-corrected chi connectivity index (χ0v) is 16.3. The molecular formula is C21H17N9. The van der Waals surface area contributed by atoms with E-state index in [2.05, 4.69) is 30.2 Å². The Morgan fingerprint density at radius 3 is 2.77 bits per heavy atom. The Hall–Kier alpha value is -4.27. The number of aromatic amines is 2. The van der Waals surface area contributed by atoms with Crippen LogP contribution in [0.1, 0.15) is 5.69 Å². The summed E-state index contributed by atoms with van der Waals surface area (Å²) in [4.78, 5) is 17.1. The van der Waals surface area contributed by atoms with Gasteiger partial charge in [-0.3, -0.25) is 14.8 Å². The highest BCUT2D eigenvalue weighted by atomic mass is 15.2. The van der Waals surface area contributed by atoms with E-state index in [0.717, 1.165) is 50.3 Å². The first kappa shape index (κ1) is 16.7. The van der Waals surface area contributed by atoms with E-state index in [1.807, 2.05) is 55.2 Å². The molecule has 6 aromatic rings. The summed E-state index contributed by atoms with van der Waals surface area (Å²) in [6.45, 7) is 1.97. The van der Waals surface area contributed by atoms with Crippen LogP contribution in [0, 0.1) is 6.92 Å². The largest absolute Gasteiger partial charge is 0.336 e. The van der Waals surface area contributed by atoms with Gasteiger partial charge in [0, 0.05) is 30.4 Å². The molecule has 9 heteroatoms. The zero-order valence-electron chi connectivity index (χ0n) is 16.3. The second-order valence-electron chi connectivity index (χ2n) is 7.27. The normalized spacial score (nSPS) is 11.7. The lowest BCUT2D eigenvalue weighted by Crippen LogP contribution is -1.91. The summed E-state index contributed by atoms with van der Waals surface area (Å²) in [7, 11) is 1.89. The molecule has 0 aliphatic rings. The van der Waals surface area contributed by atoms with E-state index in [-0.39, 0.29) is 0 Å². The number of H-pyrrole nitrogens is 2. The van der Waals surface area contributed by atoms with Crippen molar-refractivity contribution in [3.05, 3.63) is 61.1 Å². The third-order valence-electron chi connectivity index (χ3n) is 5.15. The van der Waals surface area contributed by atoms with E-state index < -0.39 is 0 Å². The molecule has 0 radical (unpaired) electrons. The van der Waals surface area contributed by atoms with E-state index in [1.165, 1.54) is 0 Å². The smallest absolute Gasteiger partial charge is 0.159 e. The van der Waals surface area contributed by atoms with Gasteiger partial charge in [0.2, 0.25) is 0 Å². The lowest BCUT2D eigenvalue weighted by molar-refractivity contribution is 0.768. The fraction of sp³-hybridized carbons (Fsp3) is 0.0952. The summed E-state index contributed by atoms with van der Waals surface area (Å²) in [6, 6.07) is 8.05. The van der Waals surface area contributed by atoms with Gasteiger partial charge in [0.05, 0.1) is 46.8 Å². The van der Waals surface area contributed by atoms with Crippen molar-refractivity contribution in [3.8, 4) is 28.5 Å². The summed E-state index contributed by atoms with van der Waals surface area (Å²) < 4.78 is 3.74. The standard InChI is InChI=1S/C21H17N9/c1-12-9-30(11-23-12)18-5-3-4-15-20(18)26-21(25-15)19-14-6-16(13-7-24-29(2)10-13)22-8-17(14)27-28-19/h3-11H,1-2H3,(H,25,26)(H,27,28). The molecule has 0 amide bonds. The molecule has 5 heterocycles. The van der Waals surface area contributed by atoms with Crippen LogP contribution in [0.3, 0.4) is 0 Å². The highest BCUT2D eigenvalue weighted by Crippen LogP contribution is 2.30. The van der Waals surface area contributed by atoms with Gasteiger partial charge in [0.1, 0.15) is 11.2 Å². The monoisotopic (exact) mass is 395 g/mol. The van der Waals surface area contributed by atoms with Gasteiger partial charge in [-0.25, -0.2) is 9.97 Å². The minimum absolute atomic E-state index is 0.698. The van der Waals surface area contributed by atoms with E-state index >= 15 is 0 Å². The Labute approximate surface area is 170 Å². The number of benzene rings is 1. The molecule has 6 rings (SSSR count). The first-order valence-corrected chi connectivity index (χ1v) is 9.49. The highest BCUT2D eigenvalue weighted by molar-refractivity contribution is 5.95. The van der Waals surface area contributed by atoms with E-state index in [1.54, 1.807) is 23.4 Å². The second-order valence-corrected chi connectivity index (χ2v) is 7.27. The van der Waals surface area contributed by atoms with Gasteiger partial charge < -0.3 is 9.55 Å². The quantitative estimate of drug-likeness (QED) is 0.478. The minimum Gasteiger partial charge on any atom is -0.336 e. The van der Waals surface area contributed by atoms with Crippen LogP contribution < -0.4 is 0 Å². The SMILES string of the molecule is Cc1cn(-c2cccc3[nH]c(-c4n[nH]c5cnc(-c6cnn(C)c6)cc45)nc23)cn1. The topological polar surface area (TPSA) is 106 Å². The molecule has 0 bridgehead atoms. The van der Waals surface area contributed by atoms with E-state index in [9.17, 15) is 0 Å². The number of hydrogen-bond donors (Lipinski definition) is 2. The Morgan fingerprint density at radius 1 is 1.03 bits per heavy atom. The Kier molecular flexibility index (Phi) is 3.40. The van der Waals surface area contributed by atoms with Gasteiger partial charge in [-0.1, -0.05) is 6.07 Å². The van der Waals surface area contributed by atoms with Crippen LogP contribution in [0.15, 0.2) is 55.4 Å². The summed E-state index contributed by atoms with van der Waals surface area (Å²) in [5, 5.41) is 12.7. The number of aromatic nitrogens is 9. The molecular weight excluding hydrogens is 378 g/mol. The zero-order chi connectivity index (χ0) is 20.2. The molecule has 0 spiro atoms. The molecule has 0 saturated heterocycles. The highest BCUT2D eigenvalue weighted by Gasteiger charge is 2.16. The van der Waals surface area contributed by atoms with Gasteiger partial charge in [0.25, 0.3) is 0 Å². The Balaban J connectivity index is 1.52. The lowest BCUT2D eigenvalue weighted by Gasteiger charge is -2.01. The summed E-state index contributed by atoms with van der Waals surface area (Å²) in [6.07, 6.45) is 9.31. The molecule has 0 fully saturated rings. The number of nitrogens with zero attached hydrogens (tertiary/aromatic N) is 7. The van der Waals surface area contributed by atoms with Gasteiger partial charge in [-0.2, -0.15) is 10.2 Å². The molecule has 1 aromatic carbocycles. The van der Waals surface area contributed by atoms with Crippen LogP contribution in [0.4, 0.5) is 0 Å². The average Bonchev–Trinajstić information content (AvgIpc) is 3.52. The Bertz CT molecular complexity index is 1530. The van der Waals surface area contributed by atoms with Crippen molar-refractivity contribution in [1.29, 1.82) is 0 Å². The van der Waals surface area contributed by atoms with Crippen LogP contribution >= 0.6 is 0 Å². The van der Waals surface area contributed by atoms with Crippen molar-refractivity contribution < 1.29 is 0 Å². The number of hydrogen-bond acceptors (Lipinski definition) is 5. The third kappa shape index (κ3) is 2.52. The van der Waals surface area contributed by atoms with Crippen LogP contribution in [0.2, 0.25) is 0 Å². The summed E-state index contributed by atoms with van der Waals surface area (Å²) in [5.74, 6) is 0.698. The van der Waals surface area contributed by atoms with Gasteiger partial charge in [0.15, 0.2) is 5.82 Å². The van der Waals surface area contributed by atoms with Crippen LogP contribution in [0.25, 0.3) is 50.4 Å². The van der Waals surface area contributed by atoms with Gasteiger partial charge in [-0.15, -0.1) is 0 Å². The van der Waals surface area contributed by atoms with Crippen molar-refractivity contribution in [3.63, 3.8) is 0 Å². The average molecular weight is 395 g/mol. The van der Waals surface area contributed by atoms with E-state index in [0.29, 0.717) is 5.82 Å². The number of fused-ring (bicyclic) bond motifs is 2. The molecule has 146 valence electrons. The predicted molar refractivity (Wildman–Crippen MR) is 113 cm³/mol. The van der Waals surface area contributed by atoms with Crippen LogP contribution in [0.5, 0.6) is 0 Å². The number of aryl methyl sites for hydroxylation is 2. The first-order valence-electron chi connectivity index (χ1n) is 9.49.